The molecule has 3 nitrogen and oxygen atoms in total. The second-order valence-electron chi connectivity index (χ2n) is 6.27. The van der Waals surface area contributed by atoms with E-state index < -0.39 is 49.4 Å². The maximum atomic E-state index is 13.4. The Balaban J connectivity index is 3.12. The number of hydrogen-bond acceptors (Lipinski definition) is 2. The summed E-state index contributed by atoms with van der Waals surface area (Å²) < 4.78 is 72.8. The fourth-order valence-electron chi connectivity index (χ4n) is 1.76. The van der Waals surface area contributed by atoms with Gasteiger partial charge in [-0.1, -0.05) is 0 Å². The number of alkyl halides is 4. The molecule has 0 N–H and O–H groups in total. The van der Waals surface area contributed by atoms with Gasteiger partial charge in [0.05, 0.1) is 0 Å². The molecule has 0 spiro atoms. The van der Waals surface area contributed by atoms with E-state index in [1.165, 1.54) is 25.1 Å². The molecule has 0 saturated carbocycles. The quantitative estimate of drug-likeness (QED) is 0.190. The Hall–Kier alpha value is -0.710. The van der Waals surface area contributed by atoms with Crippen LogP contribution in [0.3, 0.4) is 0 Å². The molecule has 9 heteroatoms. The number of aryl methyl sites for hydroxylation is 1. The molecule has 1 atom stereocenters. The van der Waals surface area contributed by atoms with E-state index in [1.807, 2.05) is 0 Å². The predicted octanol–water partition coefficient (Wildman–Crippen LogP) is 1.55. The second-order valence-corrected chi connectivity index (χ2v) is 9.83. The van der Waals surface area contributed by atoms with E-state index in [0.29, 0.717) is 28.8 Å². The predicted molar refractivity (Wildman–Crippen MR) is 87.8 cm³/mol. The van der Waals surface area contributed by atoms with Gasteiger partial charge in [0, 0.05) is 0 Å². The van der Waals surface area contributed by atoms with E-state index in [4.69, 9.17) is 4.74 Å². The van der Waals surface area contributed by atoms with Gasteiger partial charge in [-0.15, -0.1) is 0 Å². The molecule has 0 amide bonds. The number of nitrogens with zero attached hydrogens (tertiary/aromatic N) is 1. The van der Waals surface area contributed by atoms with E-state index in [0.717, 1.165) is 0 Å². The summed E-state index contributed by atoms with van der Waals surface area (Å²) in [6.07, 6.45) is -4.15. The Morgan fingerprint density at radius 1 is 1.28 bits per heavy atom. The fourth-order valence-corrected chi connectivity index (χ4v) is 3.00. The normalized spacial score (nSPS) is 14.6. The van der Waals surface area contributed by atoms with Crippen LogP contribution < -0.4 is 26.5 Å². The Morgan fingerprint density at radius 2 is 1.92 bits per heavy atom. The molecular formula is C16H21F4INO2S-. The van der Waals surface area contributed by atoms with Crippen LogP contribution in [-0.2, 0) is 11.0 Å². The Morgan fingerprint density at radius 3 is 2.40 bits per heavy atom. The van der Waals surface area contributed by atoms with Gasteiger partial charge in [-0.25, -0.2) is 0 Å². The number of benzene rings is 1. The van der Waals surface area contributed by atoms with Crippen molar-refractivity contribution in [2.75, 3.05) is 11.0 Å². The number of ether oxygens (including phenoxy) is 1. The van der Waals surface area contributed by atoms with Crippen molar-refractivity contribution < 1.29 is 46.8 Å². The zero-order valence-electron chi connectivity index (χ0n) is 14.4. The summed E-state index contributed by atoms with van der Waals surface area (Å²) in [5, 5.41) is 0. The first kappa shape index (κ1) is 22.3. The van der Waals surface area contributed by atoms with Crippen molar-refractivity contribution in [3.63, 3.8) is 0 Å². The van der Waals surface area contributed by atoms with E-state index in [9.17, 15) is 20.2 Å². The molecule has 144 valence electrons. The molecule has 0 aliphatic heterocycles. The van der Waals surface area contributed by atoms with Gasteiger partial charge in [0.25, 0.3) is 0 Å². The third-order valence-corrected chi connectivity index (χ3v) is 5.60. The molecule has 1 rings (SSSR count). The van der Waals surface area contributed by atoms with Crippen molar-refractivity contribution in [3.8, 4) is 5.75 Å². The van der Waals surface area contributed by atoms with Crippen molar-refractivity contribution in [1.29, 1.82) is 0 Å². The third-order valence-electron chi connectivity index (χ3n) is 3.04. The third kappa shape index (κ3) is 7.20. The molecule has 0 heterocycles. The zero-order chi connectivity index (χ0) is 19.3. The standard InChI is InChI=1S/C16H21F4INO2S/c1-11-10-12(24-9-5-8-21-20)6-7-13(11)14(16(17,18)19)22-25(23)15(2,3)4/h6-7,10H,5,8-9H2,1-4H3/q-1/t25-/m1/s1. The first-order valence-electron chi connectivity index (χ1n) is 7.48. The summed E-state index contributed by atoms with van der Waals surface area (Å²) >= 11 is -1.28. The van der Waals surface area contributed by atoms with Gasteiger partial charge in [0.15, 0.2) is 0 Å². The Bertz CT molecular complexity index is 642. The molecule has 0 aromatic heterocycles. The summed E-state index contributed by atoms with van der Waals surface area (Å²) in [5.74, 6) is 0.414. The fraction of sp³-hybridized carbons (Fsp3) is 0.562. The van der Waals surface area contributed by atoms with Crippen LogP contribution in [0.4, 0.5) is 16.0 Å². The maximum absolute atomic E-state index is 13.4. The molecule has 0 aliphatic rings. The van der Waals surface area contributed by atoms with Gasteiger partial charge in [0.1, 0.15) is 0 Å². The average Bonchev–Trinajstić information content (AvgIpc) is 2.47. The minimum absolute atomic E-state index is 0.132. The van der Waals surface area contributed by atoms with Crippen LogP contribution >= 0.6 is 0 Å². The van der Waals surface area contributed by atoms with Crippen LogP contribution in [0.25, 0.3) is 0 Å². The van der Waals surface area contributed by atoms with Crippen LogP contribution in [0.5, 0.6) is 5.75 Å². The Kier molecular flexibility index (Phi) is 8.30. The summed E-state index contributed by atoms with van der Waals surface area (Å²) in [5.41, 5.74) is -0.975. The van der Waals surface area contributed by atoms with Crippen LogP contribution in [0.15, 0.2) is 22.6 Å². The van der Waals surface area contributed by atoms with E-state index in [1.54, 1.807) is 20.8 Å². The number of hydrogen-bond donors (Lipinski definition) is 0. The topological polar surface area (TPSA) is 38.7 Å². The van der Waals surface area contributed by atoms with Gasteiger partial charge in [-0.05, 0) is 20.8 Å². The molecule has 0 radical (unpaired) electrons. The molecule has 1 aromatic carbocycles. The summed E-state index contributed by atoms with van der Waals surface area (Å²) in [7, 11) is -2.03. The van der Waals surface area contributed by atoms with Crippen molar-refractivity contribution >= 4 is 16.7 Å². The summed E-state index contributed by atoms with van der Waals surface area (Å²) in [6.45, 7) is 6.51. The molecular weight excluding hydrogens is 473 g/mol. The van der Waals surface area contributed by atoms with Crippen LogP contribution in [0.2, 0.25) is 0 Å². The van der Waals surface area contributed by atoms with Crippen molar-refractivity contribution in [3.05, 3.63) is 29.3 Å². The number of halogens is 5. The van der Waals surface area contributed by atoms with Gasteiger partial charge in [-0.3, -0.25) is 0 Å². The van der Waals surface area contributed by atoms with Crippen LogP contribution in [0, 0.1) is 6.92 Å². The van der Waals surface area contributed by atoms with Crippen LogP contribution in [-0.4, -0.2) is 31.9 Å². The van der Waals surface area contributed by atoms with Crippen molar-refractivity contribution in [1.82, 2.24) is 0 Å². The van der Waals surface area contributed by atoms with Gasteiger partial charge < -0.3 is 0 Å². The van der Waals surface area contributed by atoms with Gasteiger partial charge >= 0.3 is 138 Å². The first-order valence-corrected chi connectivity index (χ1v) is 10.9. The minimum atomic E-state index is -4.72. The van der Waals surface area contributed by atoms with Crippen molar-refractivity contribution in [2.45, 2.75) is 45.0 Å². The van der Waals surface area contributed by atoms with Gasteiger partial charge in [0.2, 0.25) is 0 Å². The van der Waals surface area contributed by atoms with Crippen molar-refractivity contribution in [2.24, 2.45) is 4.40 Å². The average molecular weight is 494 g/mol. The van der Waals surface area contributed by atoms with E-state index >= 15 is 0 Å². The molecule has 0 aliphatic carbocycles. The van der Waals surface area contributed by atoms with Gasteiger partial charge in [-0.2, -0.15) is 0 Å². The molecule has 1 aromatic rings. The molecule has 25 heavy (non-hydrogen) atoms. The monoisotopic (exact) mass is 494 g/mol. The molecule has 0 fully saturated rings. The van der Waals surface area contributed by atoms with Crippen LogP contribution in [0.1, 0.15) is 38.3 Å². The Labute approximate surface area is 158 Å². The molecule has 0 unspecified atom stereocenters. The van der Waals surface area contributed by atoms with E-state index in [-0.39, 0.29) is 5.56 Å². The summed E-state index contributed by atoms with van der Waals surface area (Å²) in [4.78, 5) is 0. The number of rotatable bonds is 7. The zero-order valence-corrected chi connectivity index (χ0v) is 17.4. The SMILES string of the molecule is Cc1cc(OCCC[I-]F)ccc1C(=N[S@](=O)C(C)(C)C)C(F)(F)F. The van der Waals surface area contributed by atoms with E-state index in [2.05, 4.69) is 4.40 Å². The molecule has 0 saturated heterocycles. The molecule has 0 bridgehead atoms. The second kappa shape index (κ2) is 9.29. The first-order chi connectivity index (χ1) is 11.5. The summed E-state index contributed by atoms with van der Waals surface area (Å²) in [6, 6.07) is 4.15.